The van der Waals surface area contributed by atoms with E-state index in [4.69, 9.17) is 4.74 Å². The molecule has 3 aliphatic rings. The van der Waals surface area contributed by atoms with Crippen molar-refractivity contribution in [3.05, 3.63) is 35.3 Å². The summed E-state index contributed by atoms with van der Waals surface area (Å²) in [6.07, 6.45) is 2.56. The minimum Gasteiger partial charge on any atom is -0.390 e. The Hall–Kier alpha value is -2.00. The predicted molar refractivity (Wildman–Crippen MR) is 118 cm³/mol. The van der Waals surface area contributed by atoms with Gasteiger partial charge in [-0.1, -0.05) is 0 Å². The van der Waals surface area contributed by atoms with Gasteiger partial charge in [0, 0.05) is 42.8 Å². The molecule has 8 heteroatoms. The summed E-state index contributed by atoms with van der Waals surface area (Å²) in [5, 5.41) is 22.1. The zero-order valence-corrected chi connectivity index (χ0v) is 18.4. The average molecular weight is 446 g/mol. The highest BCUT2D eigenvalue weighted by Gasteiger charge is 2.37. The highest BCUT2D eigenvalue weighted by atomic mass is 19.1. The number of carbonyl (C=O) groups excluding carboxylic acids is 1. The van der Waals surface area contributed by atoms with Crippen molar-refractivity contribution in [2.45, 2.75) is 56.9 Å². The minimum absolute atomic E-state index is 0.0286. The maximum atomic E-state index is 14.0. The van der Waals surface area contributed by atoms with Crippen LogP contribution in [0.5, 0.6) is 0 Å². The fourth-order valence-corrected chi connectivity index (χ4v) is 5.63. The van der Waals surface area contributed by atoms with E-state index >= 15 is 0 Å². The zero-order valence-electron chi connectivity index (χ0n) is 18.4. The minimum atomic E-state index is -0.894. The zero-order chi connectivity index (χ0) is 22.2. The van der Waals surface area contributed by atoms with Gasteiger partial charge in [-0.2, -0.15) is 0 Å². The molecule has 0 radical (unpaired) electrons. The number of aryl methyl sites for hydroxylation is 1. The van der Waals surface area contributed by atoms with Crippen molar-refractivity contribution in [2.24, 2.45) is 0 Å². The standard InChI is InChI=1S/C24H32FN3O4/c25-16-5-6-20-18(13-16)17-3-1-2-4-19(17)28(20)15-23(30)27-8-7-22(29)24(31)21(14-27)26-9-11-32-12-10-26/h5-6,13,21-22,24,29,31H,1-4,7-12,14-15H2/t21-,22-,24+/m1/s1. The number of fused-ring (bicyclic) bond motifs is 3. The Kier molecular flexibility index (Phi) is 6.20. The molecule has 3 heterocycles. The Bertz CT molecular complexity index is 987. The maximum Gasteiger partial charge on any atom is 0.242 e. The number of aliphatic hydroxyl groups excluding tert-OH is 2. The van der Waals surface area contributed by atoms with E-state index in [-0.39, 0.29) is 24.3 Å². The Morgan fingerprint density at radius 1 is 1.12 bits per heavy atom. The van der Waals surface area contributed by atoms with E-state index in [1.807, 2.05) is 0 Å². The molecule has 1 aliphatic carbocycles. The summed E-state index contributed by atoms with van der Waals surface area (Å²) in [4.78, 5) is 17.4. The van der Waals surface area contributed by atoms with Gasteiger partial charge in [0.1, 0.15) is 12.4 Å². The molecule has 7 nitrogen and oxygen atoms in total. The second-order valence-electron chi connectivity index (χ2n) is 9.28. The van der Waals surface area contributed by atoms with Crippen LogP contribution in [0.25, 0.3) is 10.9 Å². The van der Waals surface area contributed by atoms with E-state index < -0.39 is 12.2 Å². The van der Waals surface area contributed by atoms with Crippen LogP contribution in [0.15, 0.2) is 18.2 Å². The van der Waals surface area contributed by atoms with Gasteiger partial charge in [-0.15, -0.1) is 0 Å². The molecule has 3 atom stereocenters. The Morgan fingerprint density at radius 3 is 2.72 bits per heavy atom. The first-order valence-electron chi connectivity index (χ1n) is 11.8. The fourth-order valence-electron chi connectivity index (χ4n) is 5.63. The lowest BCUT2D eigenvalue weighted by Crippen LogP contribution is -2.55. The number of halogens is 1. The Balaban J connectivity index is 1.41. The summed E-state index contributed by atoms with van der Waals surface area (Å²) in [6.45, 7) is 3.52. The van der Waals surface area contributed by atoms with E-state index in [0.29, 0.717) is 45.8 Å². The van der Waals surface area contributed by atoms with Crippen molar-refractivity contribution in [1.29, 1.82) is 0 Å². The molecule has 2 fully saturated rings. The largest absolute Gasteiger partial charge is 0.390 e. The lowest BCUT2D eigenvalue weighted by molar-refractivity contribution is -0.133. The average Bonchev–Trinajstić information content (AvgIpc) is 3.02. The van der Waals surface area contributed by atoms with Crippen LogP contribution in [0.1, 0.15) is 30.5 Å². The maximum absolute atomic E-state index is 14.0. The Morgan fingerprint density at radius 2 is 1.91 bits per heavy atom. The molecule has 1 aromatic carbocycles. The van der Waals surface area contributed by atoms with Crippen molar-refractivity contribution in [1.82, 2.24) is 14.4 Å². The highest BCUT2D eigenvalue weighted by molar-refractivity contribution is 5.88. The molecule has 32 heavy (non-hydrogen) atoms. The van der Waals surface area contributed by atoms with Crippen molar-refractivity contribution in [3.63, 3.8) is 0 Å². The third kappa shape index (κ3) is 4.05. The molecule has 2 N–H and O–H groups in total. The molecule has 0 bridgehead atoms. The van der Waals surface area contributed by atoms with Gasteiger partial charge in [-0.3, -0.25) is 9.69 Å². The lowest BCUT2D eigenvalue weighted by atomic mass is 9.95. The first-order valence-corrected chi connectivity index (χ1v) is 11.8. The van der Waals surface area contributed by atoms with Crippen LogP contribution >= 0.6 is 0 Å². The van der Waals surface area contributed by atoms with Gasteiger partial charge in [-0.25, -0.2) is 4.39 Å². The summed E-state index contributed by atoms with van der Waals surface area (Å²) in [6, 6.07) is 4.52. The number of hydrogen-bond donors (Lipinski definition) is 2. The molecule has 2 aromatic rings. The molecule has 0 unspecified atom stereocenters. The summed E-state index contributed by atoms with van der Waals surface area (Å²) < 4.78 is 21.5. The number of morpholine rings is 1. The van der Waals surface area contributed by atoms with Crippen LogP contribution in [0, 0.1) is 5.82 Å². The first-order chi connectivity index (χ1) is 15.5. The van der Waals surface area contributed by atoms with Crippen molar-refractivity contribution < 1.29 is 24.1 Å². The van der Waals surface area contributed by atoms with Crippen molar-refractivity contribution >= 4 is 16.8 Å². The van der Waals surface area contributed by atoms with Crippen LogP contribution in [-0.2, 0) is 28.9 Å². The molecule has 2 aliphatic heterocycles. The molecular formula is C24H32FN3O4. The Labute approximate surface area is 187 Å². The second-order valence-corrected chi connectivity index (χ2v) is 9.28. The van der Waals surface area contributed by atoms with Crippen molar-refractivity contribution in [2.75, 3.05) is 39.4 Å². The third-order valence-electron chi connectivity index (χ3n) is 7.39. The van der Waals surface area contributed by atoms with Gasteiger partial charge in [0.15, 0.2) is 0 Å². The van der Waals surface area contributed by atoms with Crippen LogP contribution < -0.4 is 0 Å². The molecule has 1 aromatic heterocycles. The fraction of sp³-hybridized carbons (Fsp3) is 0.625. The van der Waals surface area contributed by atoms with E-state index in [1.54, 1.807) is 17.0 Å². The second kappa shape index (κ2) is 9.09. The summed E-state index contributed by atoms with van der Waals surface area (Å²) >= 11 is 0. The number of ether oxygens (including phenoxy) is 1. The highest BCUT2D eigenvalue weighted by Crippen LogP contribution is 2.33. The third-order valence-corrected chi connectivity index (χ3v) is 7.39. The SMILES string of the molecule is O=C(Cn1c2c(c3cc(F)ccc31)CCCC2)N1CC[C@@H](O)[C@@H](O)[C@H](N2CCOCC2)C1. The smallest absolute Gasteiger partial charge is 0.242 e. The summed E-state index contributed by atoms with van der Waals surface area (Å²) in [5.41, 5.74) is 3.22. The number of benzene rings is 1. The number of hydrogen-bond acceptors (Lipinski definition) is 5. The molecule has 1 amide bonds. The number of carbonyl (C=O) groups is 1. The number of aliphatic hydroxyl groups is 2. The lowest BCUT2D eigenvalue weighted by Gasteiger charge is -2.38. The first kappa shape index (κ1) is 21.8. The van der Waals surface area contributed by atoms with Gasteiger partial charge < -0.3 is 24.4 Å². The van der Waals surface area contributed by atoms with Crippen molar-refractivity contribution in [3.8, 4) is 0 Å². The molecule has 5 rings (SSSR count). The molecular weight excluding hydrogens is 413 g/mol. The summed E-state index contributed by atoms with van der Waals surface area (Å²) in [7, 11) is 0. The molecule has 0 saturated carbocycles. The molecule has 0 spiro atoms. The van der Waals surface area contributed by atoms with Crippen LogP contribution in [-0.4, -0.2) is 88.1 Å². The van der Waals surface area contributed by atoms with E-state index in [1.165, 1.54) is 11.6 Å². The van der Waals surface area contributed by atoms with E-state index in [9.17, 15) is 19.4 Å². The van der Waals surface area contributed by atoms with E-state index in [2.05, 4.69) is 9.47 Å². The quantitative estimate of drug-likeness (QED) is 0.745. The van der Waals surface area contributed by atoms with Crippen LogP contribution in [0.4, 0.5) is 4.39 Å². The number of rotatable bonds is 3. The number of amides is 1. The normalized spacial score (nSPS) is 27.3. The van der Waals surface area contributed by atoms with Gasteiger partial charge in [0.2, 0.25) is 5.91 Å². The topological polar surface area (TPSA) is 78.2 Å². The predicted octanol–water partition coefficient (Wildman–Crippen LogP) is 1.31. The van der Waals surface area contributed by atoms with Gasteiger partial charge >= 0.3 is 0 Å². The number of likely N-dealkylation sites (tertiary alicyclic amines) is 1. The van der Waals surface area contributed by atoms with E-state index in [0.717, 1.165) is 42.3 Å². The van der Waals surface area contributed by atoms with Gasteiger partial charge in [0.05, 0.1) is 31.5 Å². The summed E-state index contributed by atoms with van der Waals surface area (Å²) in [5.74, 6) is -0.280. The van der Waals surface area contributed by atoms with Crippen LogP contribution in [0.3, 0.4) is 0 Å². The molecule has 174 valence electrons. The number of nitrogens with zero attached hydrogens (tertiary/aromatic N) is 3. The molecule has 2 saturated heterocycles. The van der Waals surface area contributed by atoms with Gasteiger partial charge in [-0.05, 0) is 55.9 Å². The van der Waals surface area contributed by atoms with Crippen LogP contribution in [0.2, 0.25) is 0 Å². The number of aromatic nitrogens is 1. The van der Waals surface area contributed by atoms with Gasteiger partial charge in [0.25, 0.3) is 0 Å². The monoisotopic (exact) mass is 445 g/mol.